The lowest BCUT2D eigenvalue weighted by molar-refractivity contribution is 0.929. The Morgan fingerprint density at radius 2 is 1.35 bits per heavy atom. The minimum atomic E-state index is 0.506. The average Bonchev–Trinajstić information content (AvgIpc) is 2.58. The molecule has 1 aliphatic carbocycles. The highest BCUT2D eigenvalue weighted by Gasteiger charge is 2.11. The summed E-state index contributed by atoms with van der Waals surface area (Å²) in [4.78, 5) is 2.13. The Hall–Kier alpha value is -2.54. The van der Waals surface area contributed by atoms with E-state index in [2.05, 4.69) is 105 Å². The Labute approximate surface area is 139 Å². The van der Waals surface area contributed by atoms with E-state index in [-0.39, 0.29) is 0 Å². The molecular weight excluding hydrogens is 278 g/mol. The molecule has 0 radical (unpaired) electrons. The number of hydrogen-bond donors (Lipinski definition) is 0. The third-order valence-corrected chi connectivity index (χ3v) is 4.18. The van der Waals surface area contributed by atoms with Gasteiger partial charge >= 0.3 is 0 Å². The zero-order valence-electron chi connectivity index (χ0n) is 14.0. The summed E-state index contributed by atoms with van der Waals surface area (Å²) >= 11 is 0. The SMILES string of the molecule is CC1C=CC(=C(c2ccccc2)c2ccc(N(C)C)cc2)C=C1. The monoisotopic (exact) mass is 301 g/mol. The van der Waals surface area contributed by atoms with Crippen molar-refractivity contribution in [1.82, 2.24) is 0 Å². The van der Waals surface area contributed by atoms with Gasteiger partial charge in [-0.05, 0) is 40.3 Å². The van der Waals surface area contributed by atoms with Gasteiger partial charge in [-0.3, -0.25) is 0 Å². The molecule has 116 valence electrons. The molecule has 23 heavy (non-hydrogen) atoms. The normalized spacial score (nSPS) is 16.5. The van der Waals surface area contributed by atoms with Gasteiger partial charge in [0.15, 0.2) is 0 Å². The zero-order valence-corrected chi connectivity index (χ0v) is 14.0. The lowest BCUT2D eigenvalue weighted by Crippen LogP contribution is -2.08. The molecule has 0 fully saturated rings. The standard InChI is InChI=1S/C22H23N/c1-17-9-11-19(12-10-17)22(18-7-5-4-6-8-18)20-13-15-21(16-14-20)23(2)3/h4-17H,1-3H3. The topological polar surface area (TPSA) is 3.24 Å². The molecule has 0 N–H and O–H groups in total. The van der Waals surface area contributed by atoms with Crippen LogP contribution in [0.4, 0.5) is 5.69 Å². The number of rotatable bonds is 3. The van der Waals surface area contributed by atoms with Crippen LogP contribution in [0.2, 0.25) is 0 Å². The maximum Gasteiger partial charge on any atom is 0.0361 e. The van der Waals surface area contributed by atoms with Crippen molar-refractivity contribution in [2.75, 3.05) is 19.0 Å². The van der Waals surface area contributed by atoms with Gasteiger partial charge in [0.05, 0.1) is 0 Å². The van der Waals surface area contributed by atoms with E-state index in [4.69, 9.17) is 0 Å². The molecule has 0 amide bonds. The van der Waals surface area contributed by atoms with E-state index in [1.165, 1.54) is 28.0 Å². The minimum absolute atomic E-state index is 0.506. The number of anilines is 1. The van der Waals surface area contributed by atoms with Crippen molar-refractivity contribution in [3.8, 4) is 0 Å². The van der Waals surface area contributed by atoms with Crippen molar-refractivity contribution in [3.63, 3.8) is 0 Å². The van der Waals surface area contributed by atoms with Gasteiger partial charge in [-0.25, -0.2) is 0 Å². The fraction of sp³-hybridized carbons (Fsp3) is 0.182. The first-order chi connectivity index (χ1) is 11.1. The summed E-state index contributed by atoms with van der Waals surface area (Å²) in [6.07, 6.45) is 9.00. The van der Waals surface area contributed by atoms with E-state index in [9.17, 15) is 0 Å². The molecule has 0 unspecified atom stereocenters. The molecule has 1 heteroatoms. The van der Waals surface area contributed by atoms with Crippen LogP contribution in [0.15, 0.2) is 84.5 Å². The Bertz CT molecular complexity index is 730. The maximum absolute atomic E-state index is 2.26. The molecule has 1 aliphatic rings. The van der Waals surface area contributed by atoms with Gasteiger partial charge in [0.1, 0.15) is 0 Å². The molecule has 0 spiro atoms. The van der Waals surface area contributed by atoms with Crippen molar-refractivity contribution in [1.29, 1.82) is 0 Å². The van der Waals surface area contributed by atoms with Crippen LogP contribution < -0.4 is 4.90 Å². The second kappa shape index (κ2) is 6.70. The number of hydrogen-bond acceptors (Lipinski definition) is 1. The van der Waals surface area contributed by atoms with Crippen molar-refractivity contribution >= 4 is 11.3 Å². The smallest absolute Gasteiger partial charge is 0.0361 e. The van der Waals surface area contributed by atoms with Crippen LogP contribution >= 0.6 is 0 Å². The van der Waals surface area contributed by atoms with E-state index in [0.717, 1.165) is 0 Å². The fourth-order valence-electron chi connectivity index (χ4n) is 2.83. The molecule has 0 heterocycles. The first-order valence-electron chi connectivity index (χ1n) is 8.09. The molecular formula is C22H23N. The highest BCUT2D eigenvalue weighted by atomic mass is 15.1. The van der Waals surface area contributed by atoms with E-state index in [0.29, 0.717) is 5.92 Å². The van der Waals surface area contributed by atoms with E-state index < -0.39 is 0 Å². The number of benzene rings is 2. The molecule has 0 bridgehead atoms. The summed E-state index contributed by atoms with van der Waals surface area (Å²) < 4.78 is 0. The van der Waals surface area contributed by atoms with Gasteiger partial charge in [0, 0.05) is 19.8 Å². The maximum atomic E-state index is 2.26. The van der Waals surface area contributed by atoms with Gasteiger partial charge in [0.2, 0.25) is 0 Å². The van der Waals surface area contributed by atoms with Gasteiger partial charge in [-0.2, -0.15) is 0 Å². The molecule has 2 aromatic rings. The van der Waals surface area contributed by atoms with Crippen LogP contribution in [0.25, 0.3) is 5.57 Å². The van der Waals surface area contributed by atoms with Crippen LogP contribution in [0.5, 0.6) is 0 Å². The first-order valence-corrected chi connectivity index (χ1v) is 8.09. The predicted molar refractivity (Wildman–Crippen MR) is 101 cm³/mol. The van der Waals surface area contributed by atoms with E-state index in [1.807, 2.05) is 0 Å². The Morgan fingerprint density at radius 3 is 1.91 bits per heavy atom. The van der Waals surface area contributed by atoms with E-state index in [1.54, 1.807) is 0 Å². The molecule has 0 saturated heterocycles. The summed E-state index contributed by atoms with van der Waals surface area (Å²) in [6.45, 7) is 2.21. The highest BCUT2D eigenvalue weighted by Crippen LogP contribution is 2.31. The number of allylic oxidation sites excluding steroid dienone is 5. The Kier molecular flexibility index (Phi) is 4.47. The quantitative estimate of drug-likeness (QED) is 0.742. The van der Waals surface area contributed by atoms with Gasteiger partial charge in [0.25, 0.3) is 0 Å². The zero-order chi connectivity index (χ0) is 16.2. The molecule has 0 saturated carbocycles. The largest absolute Gasteiger partial charge is 0.378 e. The average molecular weight is 301 g/mol. The molecule has 0 aromatic heterocycles. The lowest BCUT2D eigenvalue weighted by Gasteiger charge is -2.17. The number of nitrogens with zero attached hydrogens (tertiary/aromatic N) is 1. The van der Waals surface area contributed by atoms with Crippen LogP contribution in [-0.2, 0) is 0 Å². The van der Waals surface area contributed by atoms with Crippen molar-refractivity contribution < 1.29 is 0 Å². The third kappa shape index (κ3) is 3.45. The molecule has 0 aliphatic heterocycles. The highest BCUT2D eigenvalue weighted by molar-refractivity contribution is 5.86. The van der Waals surface area contributed by atoms with Gasteiger partial charge < -0.3 is 4.90 Å². The van der Waals surface area contributed by atoms with Gasteiger partial charge in [-0.15, -0.1) is 0 Å². The molecule has 3 rings (SSSR count). The second-order valence-corrected chi connectivity index (χ2v) is 6.22. The fourth-order valence-corrected chi connectivity index (χ4v) is 2.83. The van der Waals surface area contributed by atoms with Crippen molar-refractivity contribution in [3.05, 3.63) is 95.6 Å². The Morgan fingerprint density at radius 1 is 0.783 bits per heavy atom. The van der Waals surface area contributed by atoms with Crippen molar-refractivity contribution in [2.24, 2.45) is 5.92 Å². The molecule has 0 atom stereocenters. The molecule has 1 nitrogen and oxygen atoms in total. The third-order valence-electron chi connectivity index (χ3n) is 4.18. The minimum Gasteiger partial charge on any atom is -0.378 e. The summed E-state index contributed by atoms with van der Waals surface area (Å²) in [5.41, 5.74) is 6.28. The van der Waals surface area contributed by atoms with Crippen molar-refractivity contribution in [2.45, 2.75) is 6.92 Å². The molecule has 2 aromatic carbocycles. The lowest BCUT2D eigenvalue weighted by atomic mass is 9.89. The predicted octanol–water partition coefficient (Wildman–Crippen LogP) is 5.32. The van der Waals surface area contributed by atoms with Crippen LogP contribution in [0, 0.1) is 5.92 Å². The van der Waals surface area contributed by atoms with Crippen LogP contribution in [-0.4, -0.2) is 14.1 Å². The Balaban J connectivity index is 2.12. The van der Waals surface area contributed by atoms with Crippen LogP contribution in [0.3, 0.4) is 0 Å². The van der Waals surface area contributed by atoms with Gasteiger partial charge in [-0.1, -0.05) is 73.7 Å². The first kappa shape index (κ1) is 15.4. The summed E-state index contributed by atoms with van der Waals surface area (Å²) in [5.74, 6) is 0.506. The van der Waals surface area contributed by atoms with Crippen LogP contribution in [0.1, 0.15) is 18.1 Å². The second-order valence-electron chi connectivity index (χ2n) is 6.22. The summed E-state index contributed by atoms with van der Waals surface area (Å²) in [5, 5.41) is 0. The summed E-state index contributed by atoms with van der Waals surface area (Å²) in [7, 11) is 4.14. The summed E-state index contributed by atoms with van der Waals surface area (Å²) in [6, 6.07) is 19.4. The van der Waals surface area contributed by atoms with E-state index >= 15 is 0 Å².